The molecule has 2 rings (SSSR count). The molecule has 2 aromatic rings. The van der Waals surface area contributed by atoms with Crippen LogP contribution < -0.4 is 0 Å². The molecule has 0 atom stereocenters. The SMILES string of the molecule is COCCN(C)CCn1c(C)nc2cccc(C(=O)O)c21. The van der Waals surface area contributed by atoms with E-state index >= 15 is 0 Å². The highest BCUT2D eigenvalue weighted by atomic mass is 16.5. The molecule has 6 nitrogen and oxygen atoms in total. The van der Waals surface area contributed by atoms with Crippen molar-refractivity contribution in [2.75, 3.05) is 33.9 Å². The number of hydrogen-bond acceptors (Lipinski definition) is 4. The van der Waals surface area contributed by atoms with E-state index in [2.05, 4.69) is 9.88 Å². The summed E-state index contributed by atoms with van der Waals surface area (Å²) in [5.74, 6) is -0.0895. The predicted molar refractivity (Wildman–Crippen MR) is 80.8 cm³/mol. The zero-order valence-electron chi connectivity index (χ0n) is 12.7. The lowest BCUT2D eigenvalue weighted by Crippen LogP contribution is -2.27. The first-order valence-electron chi connectivity index (χ1n) is 6.91. The number of fused-ring (bicyclic) bond motifs is 1. The molecule has 0 aliphatic heterocycles. The summed E-state index contributed by atoms with van der Waals surface area (Å²) in [5.41, 5.74) is 1.72. The number of benzene rings is 1. The van der Waals surface area contributed by atoms with E-state index in [-0.39, 0.29) is 0 Å². The maximum absolute atomic E-state index is 11.4. The summed E-state index contributed by atoms with van der Waals surface area (Å²) in [6.07, 6.45) is 0. The van der Waals surface area contributed by atoms with Crippen molar-refractivity contribution in [3.05, 3.63) is 29.6 Å². The van der Waals surface area contributed by atoms with Crippen LogP contribution in [-0.2, 0) is 11.3 Å². The molecule has 1 aromatic carbocycles. The molecule has 0 aliphatic rings. The molecule has 0 fully saturated rings. The van der Waals surface area contributed by atoms with Gasteiger partial charge in [-0.15, -0.1) is 0 Å². The Morgan fingerprint density at radius 2 is 2.19 bits per heavy atom. The molecule has 0 amide bonds. The van der Waals surface area contributed by atoms with Crippen LogP contribution >= 0.6 is 0 Å². The highest BCUT2D eigenvalue weighted by molar-refractivity contribution is 6.01. The molecule has 0 spiro atoms. The summed E-state index contributed by atoms with van der Waals surface area (Å²) >= 11 is 0. The summed E-state index contributed by atoms with van der Waals surface area (Å²) in [4.78, 5) is 18.0. The van der Waals surface area contributed by atoms with Crippen LogP contribution in [0.15, 0.2) is 18.2 Å². The van der Waals surface area contributed by atoms with E-state index in [1.165, 1.54) is 0 Å². The molecule has 0 bridgehead atoms. The van der Waals surface area contributed by atoms with E-state index in [9.17, 15) is 9.90 Å². The molecule has 1 heterocycles. The quantitative estimate of drug-likeness (QED) is 0.839. The molecule has 114 valence electrons. The second kappa shape index (κ2) is 6.69. The smallest absolute Gasteiger partial charge is 0.337 e. The van der Waals surface area contributed by atoms with E-state index in [0.29, 0.717) is 24.2 Å². The molecule has 0 saturated carbocycles. The van der Waals surface area contributed by atoms with Gasteiger partial charge in [0.2, 0.25) is 0 Å². The number of aromatic carboxylic acids is 1. The van der Waals surface area contributed by atoms with Gasteiger partial charge >= 0.3 is 5.97 Å². The molecule has 0 unspecified atom stereocenters. The van der Waals surface area contributed by atoms with Crippen LogP contribution in [0.25, 0.3) is 11.0 Å². The Labute approximate surface area is 124 Å². The average molecular weight is 291 g/mol. The van der Waals surface area contributed by atoms with E-state index in [1.807, 2.05) is 24.6 Å². The number of methoxy groups -OCH3 is 1. The van der Waals surface area contributed by atoms with Crippen molar-refractivity contribution >= 4 is 17.0 Å². The van der Waals surface area contributed by atoms with Crippen LogP contribution in [0.1, 0.15) is 16.2 Å². The minimum Gasteiger partial charge on any atom is -0.478 e. The molecular formula is C15H21N3O3. The number of imidazole rings is 1. The minimum absolute atomic E-state index is 0.299. The Morgan fingerprint density at radius 1 is 1.43 bits per heavy atom. The molecule has 1 aromatic heterocycles. The molecule has 21 heavy (non-hydrogen) atoms. The Bertz CT molecular complexity index is 636. The van der Waals surface area contributed by atoms with Gasteiger partial charge in [0, 0.05) is 26.7 Å². The maximum atomic E-state index is 11.4. The van der Waals surface area contributed by atoms with Gasteiger partial charge in [0.15, 0.2) is 0 Å². The highest BCUT2D eigenvalue weighted by Crippen LogP contribution is 2.20. The third-order valence-corrected chi connectivity index (χ3v) is 3.57. The zero-order valence-corrected chi connectivity index (χ0v) is 12.7. The number of carboxylic acid groups (broad SMARTS) is 1. The van der Waals surface area contributed by atoms with Gasteiger partial charge in [-0.25, -0.2) is 9.78 Å². The van der Waals surface area contributed by atoms with Crippen molar-refractivity contribution in [2.45, 2.75) is 13.5 Å². The van der Waals surface area contributed by atoms with Crippen molar-refractivity contribution < 1.29 is 14.6 Å². The Morgan fingerprint density at radius 3 is 2.86 bits per heavy atom. The normalized spacial score (nSPS) is 11.4. The van der Waals surface area contributed by atoms with Gasteiger partial charge in [-0.05, 0) is 26.1 Å². The average Bonchev–Trinajstić information content (AvgIpc) is 2.77. The number of rotatable bonds is 7. The maximum Gasteiger partial charge on any atom is 0.337 e. The summed E-state index contributed by atoms with van der Waals surface area (Å²) in [6, 6.07) is 5.20. The van der Waals surface area contributed by atoms with Gasteiger partial charge in [-0.1, -0.05) is 6.07 Å². The van der Waals surface area contributed by atoms with Gasteiger partial charge in [-0.2, -0.15) is 0 Å². The summed E-state index contributed by atoms with van der Waals surface area (Å²) < 4.78 is 7.03. The van der Waals surface area contributed by atoms with E-state index < -0.39 is 5.97 Å². The number of hydrogen-bond donors (Lipinski definition) is 1. The van der Waals surface area contributed by atoms with Crippen molar-refractivity contribution in [1.82, 2.24) is 14.5 Å². The molecular weight excluding hydrogens is 270 g/mol. The second-order valence-electron chi connectivity index (χ2n) is 5.09. The summed E-state index contributed by atoms with van der Waals surface area (Å²) in [6.45, 7) is 4.94. The Hall–Kier alpha value is -1.92. The Balaban J connectivity index is 2.26. The van der Waals surface area contributed by atoms with Crippen LogP contribution in [0.2, 0.25) is 0 Å². The minimum atomic E-state index is -0.922. The predicted octanol–water partition coefficient (Wildman–Crippen LogP) is 1.62. The van der Waals surface area contributed by atoms with Crippen LogP contribution in [-0.4, -0.2) is 59.4 Å². The van der Waals surface area contributed by atoms with Gasteiger partial charge < -0.3 is 19.3 Å². The number of nitrogens with zero attached hydrogens (tertiary/aromatic N) is 3. The molecule has 0 saturated heterocycles. The summed E-state index contributed by atoms with van der Waals surface area (Å²) in [5, 5.41) is 9.34. The third-order valence-electron chi connectivity index (χ3n) is 3.57. The molecule has 6 heteroatoms. The summed E-state index contributed by atoms with van der Waals surface area (Å²) in [7, 11) is 3.70. The van der Waals surface area contributed by atoms with E-state index in [1.54, 1.807) is 19.2 Å². The number of para-hydroxylation sites is 1. The van der Waals surface area contributed by atoms with Crippen molar-refractivity contribution in [1.29, 1.82) is 0 Å². The lowest BCUT2D eigenvalue weighted by molar-refractivity contribution is 0.0698. The van der Waals surface area contributed by atoms with Crippen LogP contribution in [0.3, 0.4) is 0 Å². The largest absolute Gasteiger partial charge is 0.478 e. The molecule has 0 radical (unpaired) electrons. The monoisotopic (exact) mass is 291 g/mol. The standard InChI is InChI=1S/C15H21N3O3/c1-11-16-13-6-4-5-12(15(19)20)14(13)18(11)8-7-17(2)9-10-21-3/h4-6H,7-10H2,1-3H3,(H,19,20). The first-order valence-corrected chi connectivity index (χ1v) is 6.91. The highest BCUT2D eigenvalue weighted by Gasteiger charge is 2.15. The lowest BCUT2D eigenvalue weighted by Gasteiger charge is -2.17. The van der Waals surface area contributed by atoms with Gasteiger partial charge in [0.25, 0.3) is 0 Å². The first kappa shape index (κ1) is 15.5. The first-order chi connectivity index (χ1) is 10.0. The van der Waals surface area contributed by atoms with Crippen molar-refractivity contribution in [3.8, 4) is 0 Å². The number of aryl methyl sites for hydroxylation is 1. The topological polar surface area (TPSA) is 67.6 Å². The van der Waals surface area contributed by atoms with Crippen LogP contribution in [0, 0.1) is 6.92 Å². The van der Waals surface area contributed by atoms with E-state index in [0.717, 1.165) is 24.4 Å². The number of carboxylic acids is 1. The van der Waals surface area contributed by atoms with Crippen molar-refractivity contribution in [2.24, 2.45) is 0 Å². The van der Waals surface area contributed by atoms with Gasteiger partial charge in [-0.3, -0.25) is 0 Å². The Kier molecular flexibility index (Phi) is 4.93. The van der Waals surface area contributed by atoms with Crippen LogP contribution in [0.4, 0.5) is 0 Å². The third kappa shape index (κ3) is 3.40. The van der Waals surface area contributed by atoms with Crippen molar-refractivity contribution in [3.63, 3.8) is 0 Å². The van der Waals surface area contributed by atoms with Crippen LogP contribution in [0.5, 0.6) is 0 Å². The number of carbonyl (C=O) groups is 1. The lowest BCUT2D eigenvalue weighted by atomic mass is 10.2. The van der Waals surface area contributed by atoms with Gasteiger partial charge in [0.1, 0.15) is 5.82 Å². The fraction of sp³-hybridized carbons (Fsp3) is 0.467. The van der Waals surface area contributed by atoms with E-state index in [4.69, 9.17) is 4.74 Å². The zero-order chi connectivity index (χ0) is 15.4. The molecule has 1 N–H and O–H groups in total. The molecule has 0 aliphatic carbocycles. The van der Waals surface area contributed by atoms with Gasteiger partial charge in [0.05, 0.1) is 23.2 Å². The fourth-order valence-corrected chi connectivity index (χ4v) is 2.38. The number of ether oxygens (including phenoxy) is 1. The number of aromatic nitrogens is 2. The number of likely N-dealkylation sites (N-methyl/N-ethyl adjacent to an activating group) is 1. The fourth-order valence-electron chi connectivity index (χ4n) is 2.38. The second-order valence-corrected chi connectivity index (χ2v) is 5.09.